The van der Waals surface area contributed by atoms with E-state index in [0.717, 1.165) is 10.7 Å². The number of hydrogen-bond acceptors (Lipinski definition) is 5. The Kier molecular flexibility index (Phi) is 4.41. The average Bonchev–Trinajstić information content (AvgIpc) is 3.04. The van der Waals surface area contributed by atoms with Gasteiger partial charge in [0, 0.05) is 11.3 Å². The van der Waals surface area contributed by atoms with Crippen LogP contribution in [0.3, 0.4) is 0 Å². The molecule has 0 radical (unpaired) electrons. The van der Waals surface area contributed by atoms with E-state index in [2.05, 4.69) is 15.6 Å². The van der Waals surface area contributed by atoms with Crippen LogP contribution in [0.1, 0.15) is 55.1 Å². The number of nitrogens with one attached hydrogen (secondary N) is 2. The molecule has 0 bridgehead atoms. The van der Waals surface area contributed by atoms with Gasteiger partial charge in [-0.25, -0.2) is 9.78 Å². The Morgan fingerprint density at radius 1 is 1.61 bits per heavy atom. The number of thiazole rings is 1. The second-order valence-corrected chi connectivity index (χ2v) is 7.07. The largest absolute Gasteiger partial charge is 0.466 e. The zero-order valence-electron chi connectivity index (χ0n) is 13.2. The highest BCUT2D eigenvalue weighted by molar-refractivity contribution is 7.09. The summed E-state index contributed by atoms with van der Waals surface area (Å²) in [5.74, 6) is 1.04. The highest BCUT2D eigenvalue weighted by Gasteiger charge is 2.28. The predicted molar refractivity (Wildman–Crippen MR) is 87.3 cm³/mol. The summed E-state index contributed by atoms with van der Waals surface area (Å²) in [6.07, 6.45) is 3.93. The lowest BCUT2D eigenvalue weighted by Gasteiger charge is -2.22. The number of nitrogens with zero attached hydrogens (tertiary/aromatic N) is 1. The molecule has 124 valence electrons. The molecule has 0 aliphatic heterocycles. The van der Waals surface area contributed by atoms with E-state index in [0.29, 0.717) is 11.7 Å². The third kappa shape index (κ3) is 3.92. The van der Waals surface area contributed by atoms with Gasteiger partial charge in [0.2, 0.25) is 0 Å². The Balaban J connectivity index is 1.50. The number of carbonyl (C=O) groups is 1. The fourth-order valence-electron chi connectivity index (χ4n) is 2.26. The van der Waals surface area contributed by atoms with Gasteiger partial charge < -0.3 is 20.2 Å². The lowest BCUT2D eigenvalue weighted by Crippen LogP contribution is -2.44. The minimum absolute atomic E-state index is 0.0590. The molecule has 0 aromatic carbocycles. The van der Waals surface area contributed by atoms with Crippen LogP contribution in [0.2, 0.25) is 0 Å². The monoisotopic (exact) mass is 335 g/mol. The molecule has 2 atom stereocenters. The Bertz CT molecular complexity index is 662. The molecule has 0 unspecified atom stereocenters. The molecule has 1 aliphatic carbocycles. The summed E-state index contributed by atoms with van der Waals surface area (Å²) in [5, 5.41) is 19.0. The maximum Gasteiger partial charge on any atom is 0.315 e. The normalized spacial score (nSPS) is 18.2. The molecular weight excluding hydrogens is 314 g/mol. The number of furan rings is 1. The predicted octanol–water partition coefficient (Wildman–Crippen LogP) is 2.88. The summed E-state index contributed by atoms with van der Waals surface area (Å²) in [4.78, 5) is 16.6. The molecule has 1 fully saturated rings. The van der Waals surface area contributed by atoms with Gasteiger partial charge in [-0.3, -0.25) is 0 Å². The maximum absolute atomic E-state index is 12.0. The number of rotatable bonds is 6. The van der Waals surface area contributed by atoms with Crippen molar-refractivity contribution in [2.75, 3.05) is 6.54 Å². The molecule has 7 heteroatoms. The lowest BCUT2D eigenvalue weighted by molar-refractivity contribution is 0.0366. The van der Waals surface area contributed by atoms with Crippen molar-refractivity contribution in [1.82, 2.24) is 15.6 Å². The Labute approximate surface area is 138 Å². The SMILES string of the molecule is C[C@@H](NC(=O)NC[C@](C)(O)c1ccco1)c1csc(C2CC2)n1. The lowest BCUT2D eigenvalue weighted by atomic mass is 10.0. The van der Waals surface area contributed by atoms with Crippen LogP contribution < -0.4 is 10.6 Å². The molecule has 2 aromatic rings. The third-order valence-electron chi connectivity index (χ3n) is 3.90. The smallest absolute Gasteiger partial charge is 0.315 e. The first-order valence-electron chi connectivity index (χ1n) is 7.72. The van der Waals surface area contributed by atoms with Gasteiger partial charge in [-0.2, -0.15) is 0 Å². The van der Waals surface area contributed by atoms with E-state index in [-0.39, 0.29) is 18.6 Å². The van der Waals surface area contributed by atoms with Gasteiger partial charge in [0.15, 0.2) is 0 Å². The topological polar surface area (TPSA) is 87.4 Å². The van der Waals surface area contributed by atoms with Crippen molar-refractivity contribution in [3.05, 3.63) is 40.2 Å². The summed E-state index contributed by atoms with van der Waals surface area (Å²) >= 11 is 1.66. The quantitative estimate of drug-likeness (QED) is 0.757. The number of hydrogen-bond donors (Lipinski definition) is 3. The molecule has 0 saturated heterocycles. The summed E-state index contributed by atoms with van der Waals surface area (Å²) < 4.78 is 5.18. The van der Waals surface area contributed by atoms with E-state index in [1.807, 2.05) is 12.3 Å². The first kappa shape index (κ1) is 16.0. The molecule has 2 amide bonds. The maximum atomic E-state index is 12.0. The fraction of sp³-hybridized carbons (Fsp3) is 0.500. The standard InChI is InChI=1S/C16H21N3O3S/c1-10(12-8-23-14(19-12)11-5-6-11)18-15(20)17-9-16(2,21)13-4-3-7-22-13/h3-4,7-8,10-11,21H,5-6,9H2,1-2H3,(H2,17,18,20)/t10-,16+/m1/s1. The number of aromatic nitrogens is 1. The van der Waals surface area contributed by atoms with Gasteiger partial charge in [0.1, 0.15) is 11.4 Å². The molecule has 2 aromatic heterocycles. The average molecular weight is 335 g/mol. The third-order valence-corrected chi connectivity index (χ3v) is 4.93. The van der Waals surface area contributed by atoms with Crippen molar-refractivity contribution < 1.29 is 14.3 Å². The van der Waals surface area contributed by atoms with E-state index >= 15 is 0 Å². The van der Waals surface area contributed by atoms with Gasteiger partial charge in [-0.15, -0.1) is 11.3 Å². The minimum atomic E-state index is -1.25. The molecule has 6 nitrogen and oxygen atoms in total. The fourth-order valence-corrected chi connectivity index (χ4v) is 3.35. The van der Waals surface area contributed by atoms with E-state index in [1.165, 1.54) is 19.1 Å². The van der Waals surface area contributed by atoms with Gasteiger partial charge >= 0.3 is 6.03 Å². The zero-order chi connectivity index (χ0) is 16.4. The van der Waals surface area contributed by atoms with Crippen LogP contribution in [0.5, 0.6) is 0 Å². The summed E-state index contributed by atoms with van der Waals surface area (Å²) in [6.45, 7) is 3.55. The van der Waals surface area contributed by atoms with Crippen LogP contribution in [0.4, 0.5) is 4.79 Å². The highest BCUT2D eigenvalue weighted by Crippen LogP contribution is 2.41. The number of aliphatic hydroxyl groups is 1. The van der Waals surface area contributed by atoms with Crippen molar-refractivity contribution in [3.63, 3.8) is 0 Å². The summed E-state index contributed by atoms with van der Waals surface area (Å²) in [6, 6.07) is 2.86. The van der Waals surface area contributed by atoms with Crippen molar-refractivity contribution in [1.29, 1.82) is 0 Å². The summed E-state index contributed by atoms with van der Waals surface area (Å²) in [7, 11) is 0. The van der Waals surface area contributed by atoms with Gasteiger partial charge in [-0.05, 0) is 38.8 Å². The minimum Gasteiger partial charge on any atom is -0.466 e. The molecule has 2 heterocycles. The number of amides is 2. The second-order valence-electron chi connectivity index (χ2n) is 6.18. The van der Waals surface area contributed by atoms with Crippen LogP contribution in [0.25, 0.3) is 0 Å². The van der Waals surface area contributed by atoms with Crippen LogP contribution in [0, 0.1) is 0 Å². The van der Waals surface area contributed by atoms with Gasteiger partial charge in [0.25, 0.3) is 0 Å². The van der Waals surface area contributed by atoms with Crippen LogP contribution in [-0.4, -0.2) is 22.7 Å². The second kappa shape index (κ2) is 6.33. The molecular formula is C16H21N3O3S. The number of urea groups is 1. The van der Waals surface area contributed by atoms with E-state index in [4.69, 9.17) is 4.42 Å². The van der Waals surface area contributed by atoms with Crippen molar-refractivity contribution in [3.8, 4) is 0 Å². The van der Waals surface area contributed by atoms with Crippen molar-refractivity contribution in [2.45, 2.75) is 44.2 Å². The molecule has 3 rings (SSSR count). The highest BCUT2D eigenvalue weighted by atomic mass is 32.1. The van der Waals surface area contributed by atoms with E-state index in [9.17, 15) is 9.90 Å². The molecule has 23 heavy (non-hydrogen) atoms. The molecule has 1 aliphatic rings. The van der Waals surface area contributed by atoms with Crippen LogP contribution in [0.15, 0.2) is 28.2 Å². The van der Waals surface area contributed by atoms with Gasteiger partial charge in [-0.1, -0.05) is 0 Å². The van der Waals surface area contributed by atoms with Gasteiger partial charge in [0.05, 0.1) is 29.6 Å². The molecule has 1 saturated carbocycles. The Hall–Kier alpha value is -1.86. The van der Waals surface area contributed by atoms with E-state index in [1.54, 1.807) is 30.4 Å². The first-order valence-corrected chi connectivity index (χ1v) is 8.60. The van der Waals surface area contributed by atoms with Crippen molar-refractivity contribution >= 4 is 17.4 Å². The Morgan fingerprint density at radius 3 is 3.04 bits per heavy atom. The first-order chi connectivity index (χ1) is 11.0. The zero-order valence-corrected chi connectivity index (χ0v) is 14.0. The number of carbonyl (C=O) groups excluding carboxylic acids is 1. The van der Waals surface area contributed by atoms with E-state index < -0.39 is 5.60 Å². The van der Waals surface area contributed by atoms with Crippen molar-refractivity contribution in [2.24, 2.45) is 0 Å². The molecule has 0 spiro atoms. The molecule has 3 N–H and O–H groups in total. The van der Waals surface area contributed by atoms with Crippen LogP contribution >= 0.6 is 11.3 Å². The summed E-state index contributed by atoms with van der Waals surface area (Å²) in [5.41, 5.74) is -0.367. The van der Waals surface area contributed by atoms with Crippen LogP contribution in [-0.2, 0) is 5.60 Å². The Morgan fingerprint density at radius 2 is 2.39 bits per heavy atom.